The summed E-state index contributed by atoms with van der Waals surface area (Å²) in [4.78, 5) is 0. The fraction of sp³-hybridized carbons (Fsp3) is 0. The normalized spacial score (nSPS) is 11.4. The molecule has 0 saturated carbocycles. The summed E-state index contributed by atoms with van der Waals surface area (Å²) in [6, 6.07) is 2.06. The van der Waals surface area contributed by atoms with Crippen molar-refractivity contribution in [2.45, 2.75) is 0 Å². The van der Waals surface area contributed by atoms with Crippen LogP contribution in [0.15, 0.2) is 18.2 Å². The molecule has 0 aromatic heterocycles. The zero-order valence-corrected chi connectivity index (χ0v) is 17.6. The van der Waals surface area contributed by atoms with E-state index < -0.39 is 116 Å². The average Bonchev–Trinajstić information content (AvgIpc) is 2.91. The van der Waals surface area contributed by atoms with E-state index >= 15 is 0 Å². The highest BCUT2D eigenvalue weighted by atomic mass is 19.2. The van der Waals surface area contributed by atoms with Gasteiger partial charge in [-0.1, -0.05) is 18.2 Å². The van der Waals surface area contributed by atoms with Gasteiger partial charge in [-0.3, -0.25) is 0 Å². The maximum absolute atomic E-state index is 14.6. The fourth-order valence-electron chi connectivity index (χ4n) is 3.57. The van der Waals surface area contributed by atoms with Crippen LogP contribution >= 0.6 is 0 Å². The van der Waals surface area contributed by atoms with Crippen molar-refractivity contribution in [1.29, 1.82) is 0 Å². The molecule has 4 aromatic carbocycles. The highest BCUT2D eigenvalue weighted by Crippen LogP contribution is 2.42. The average molecular weight is 558 g/mol. The number of rotatable bonds is 4. The number of hydrogen-bond acceptors (Lipinski definition) is 2. The van der Waals surface area contributed by atoms with Crippen molar-refractivity contribution in [3.63, 3.8) is 0 Å². The van der Waals surface area contributed by atoms with Gasteiger partial charge in [0.25, 0.3) is 0 Å². The van der Waals surface area contributed by atoms with Crippen molar-refractivity contribution in [2.24, 2.45) is 0 Å². The Balaban J connectivity index is 2.02. The monoisotopic (exact) mass is 558 g/mol. The molecule has 0 aliphatic heterocycles. The van der Waals surface area contributed by atoms with Crippen LogP contribution in [-0.2, 0) is 0 Å². The summed E-state index contributed by atoms with van der Waals surface area (Å²) in [7, 11) is -2.99. The second-order valence-corrected chi connectivity index (χ2v) is 7.40. The molecule has 0 aliphatic rings. The Kier molecular flexibility index (Phi) is 6.72. The molecule has 16 heteroatoms. The minimum Gasteiger partial charge on any atom is -0.530 e. The molecular weight excluding hydrogens is 554 g/mol. The van der Waals surface area contributed by atoms with Crippen molar-refractivity contribution in [3.8, 4) is 16.9 Å². The third-order valence-corrected chi connectivity index (χ3v) is 5.31. The van der Waals surface area contributed by atoms with E-state index in [1.165, 1.54) is 0 Å². The first kappa shape index (κ1) is 27.1. The Labute approximate surface area is 201 Å². The molecule has 198 valence electrons. The number of fused-ring (bicyclic) bond motifs is 1. The lowest BCUT2D eigenvalue weighted by Crippen LogP contribution is -2.38. The van der Waals surface area contributed by atoms with E-state index in [-0.39, 0.29) is 0 Å². The smallest absolute Gasteiger partial charge is 0.530 e. The molecule has 0 atom stereocenters. The van der Waals surface area contributed by atoms with Gasteiger partial charge in [0.1, 0.15) is 0 Å². The van der Waals surface area contributed by atoms with Gasteiger partial charge in [-0.05, 0) is 0 Å². The number of hydrogen-bond donors (Lipinski definition) is 1. The van der Waals surface area contributed by atoms with Crippen molar-refractivity contribution in [2.75, 3.05) is 0 Å². The summed E-state index contributed by atoms with van der Waals surface area (Å²) in [5.41, 5.74) is -5.72. The molecule has 0 saturated heterocycles. The van der Waals surface area contributed by atoms with Crippen LogP contribution in [0, 0.1) is 75.6 Å². The Morgan fingerprint density at radius 3 is 1.45 bits per heavy atom. The van der Waals surface area contributed by atoms with E-state index in [0.29, 0.717) is 12.1 Å². The highest BCUT2D eigenvalue weighted by molar-refractivity contribution is 6.64. The Morgan fingerprint density at radius 1 is 0.474 bits per heavy atom. The molecule has 0 bridgehead atoms. The Morgan fingerprint density at radius 2 is 0.895 bits per heavy atom. The summed E-state index contributed by atoms with van der Waals surface area (Å²) < 4.78 is 187. The lowest BCUT2D eigenvalue weighted by Gasteiger charge is -2.19. The quantitative estimate of drug-likeness (QED) is 0.143. The number of benzene rings is 4. The van der Waals surface area contributed by atoms with Crippen LogP contribution in [0.25, 0.3) is 21.9 Å². The van der Waals surface area contributed by atoms with Gasteiger partial charge in [-0.25, -0.2) is 52.7 Å². The van der Waals surface area contributed by atoms with Gasteiger partial charge >= 0.3 is 7.12 Å². The lowest BCUT2D eigenvalue weighted by molar-refractivity contribution is 0.365. The van der Waals surface area contributed by atoms with E-state index in [9.17, 15) is 62.1 Å². The van der Waals surface area contributed by atoms with Crippen LogP contribution in [0.1, 0.15) is 0 Å². The first-order valence-corrected chi connectivity index (χ1v) is 9.69. The zero-order chi connectivity index (χ0) is 28.4. The van der Waals surface area contributed by atoms with Gasteiger partial charge < -0.3 is 9.68 Å². The summed E-state index contributed by atoms with van der Waals surface area (Å²) in [5.74, 6) is -35.9. The van der Waals surface area contributed by atoms with E-state index in [1.54, 1.807) is 0 Å². The largest absolute Gasteiger partial charge is 0.560 e. The minimum atomic E-state index is -2.99. The molecule has 0 spiro atoms. The van der Waals surface area contributed by atoms with Crippen LogP contribution in [0.5, 0.6) is 5.75 Å². The second kappa shape index (κ2) is 9.42. The molecular formula is C22H4BF13O2. The summed E-state index contributed by atoms with van der Waals surface area (Å²) in [6.45, 7) is 0. The molecule has 0 amide bonds. The molecule has 0 heterocycles. The first-order chi connectivity index (χ1) is 17.7. The van der Waals surface area contributed by atoms with Gasteiger partial charge in [0.15, 0.2) is 63.9 Å². The van der Waals surface area contributed by atoms with E-state index in [1.807, 2.05) is 0 Å². The van der Waals surface area contributed by atoms with Crippen molar-refractivity contribution in [3.05, 3.63) is 93.8 Å². The molecule has 2 nitrogen and oxygen atoms in total. The van der Waals surface area contributed by atoms with Crippen LogP contribution in [0.2, 0.25) is 0 Å². The van der Waals surface area contributed by atoms with Crippen LogP contribution < -0.4 is 10.1 Å². The SMILES string of the molecule is OB(Oc1c(F)c(F)c(F)c(F)c1-c1c(F)c(F)c(F)c(F)c1F)c1cccc2c(F)c(F)c(F)c(F)c12. The van der Waals surface area contributed by atoms with E-state index in [4.69, 9.17) is 0 Å². The van der Waals surface area contributed by atoms with Crippen LogP contribution in [-0.4, -0.2) is 12.1 Å². The summed E-state index contributed by atoms with van der Waals surface area (Å²) in [6.07, 6.45) is 0. The van der Waals surface area contributed by atoms with Gasteiger partial charge in [0.2, 0.25) is 17.5 Å². The molecule has 1 N–H and O–H groups in total. The van der Waals surface area contributed by atoms with Crippen molar-refractivity contribution < 1.29 is 66.8 Å². The third kappa shape index (κ3) is 3.81. The fourth-order valence-corrected chi connectivity index (χ4v) is 3.57. The maximum Gasteiger partial charge on any atom is 0.560 e. The van der Waals surface area contributed by atoms with Crippen molar-refractivity contribution in [1.82, 2.24) is 0 Å². The molecule has 0 aliphatic carbocycles. The lowest BCUT2D eigenvalue weighted by atomic mass is 9.76. The molecule has 0 unspecified atom stereocenters. The molecule has 38 heavy (non-hydrogen) atoms. The minimum absolute atomic E-state index is 0.610. The zero-order valence-electron chi connectivity index (χ0n) is 17.6. The summed E-state index contributed by atoms with van der Waals surface area (Å²) >= 11 is 0. The third-order valence-electron chi connectivity index (χ3n) is 5.31. The maximum atomic E-state index is 14.6. The summed E-state index contributed by atoms with van der Waals surface area (Å²) in [5, 5.41) is 8.05. The van der Waals surface area contributed by atoms with Gasteiger partial charge in [0.05, 0.1) is 11.1 Å². The Bertz CT molecular complexity index is 1630. The first-order valence-electron chi connectivity index (χ1n) is 9.69. The highest BCUT2D eigenvalue weighted by Gasteiger charge is 2.37. The predicted octanol–water partition coefficient (Wildman–Crippen LogP) is 6.08. The standard InChI is InChI=1S/C22H4BF13O2/c24-9-4-2-1-3-5(6(4)10(25)15(30)14(9)29)23(37)38-22-8(13(28)18(33)20(35)21(22)36)7-11(26)16(31)19(34)17(32)12(7)27/h1-3,37H. The number of halogens is 13. The van der Waals surface area contributed by atoms with E-state index in [2.05, 4.69) is 4.65 Å². The van der Waals surface area contributed by atoms with Crippen LogP contribution in [0.3, 0.4) is 0 Å². The van der Waals surface area contributed by atoms with E-state index in [0.717, 1.165) is 6.07 Å². The van der Waals surface area contributed by atoms with Gasteiger partial charge in [-0.15, -0.1) is 0 Å². The Hall–Kier alpha value is -3.95. The van der Waals surface area contributed by atoms with Crippen molar-refractivity contribution >= 4 is 23.4 Å². The molecule has 4 rings (SSSR count). The molecule has 0 radical (unpaired) electrons. The van der Waals surface area contributed by atoms with Crippen LogP contribution in [0.4, 0.5) is 57.1 Å². The molecule has 0 fully saturated rings. The van der Waals surface area contributed by atoms with Gasteiger partial charge in [0, 0.05) is 16.2 Å². The predicted molar refractivity (Wildman–Crippen MR) is 104 cm³/mol. The second-order valence-electron chi connectivity index (χ2n) is 7.40. The molecule has 4 aromatic rings. The topological polar surface area (TPSA) is 29.5 Å². The van der Waals surface area contributed by atoms with Gasteiger partial charge in [-0.2, -0.15) is 4.39 Å².